The molecule has 0 atom stereocenters. The summed E-state index contributed by atoms with van der Waals surface area (Å²) in [7, 11) is 0. The lowest BCUT2D eigenvalue weighted by Gasteiger charge is -2.04. The Kier molecular flexibility index (Phi) is 3.98. The quantitative estimate of drug-likeness (QED) is 0.578. The Labute approximate surface area is 126 Å². The molecule has 108 valence electrons. The maximum absolute atomic E-state index is 5.60. The van der Waals surface area contributed by atoms with E-state index in [-0.39, 0.29) is 6.79 Å². The van der Waals surface area contributed by atoms with Crippen LogP contribution in [0.4, 0.5) is 5.82 Å². The van der Waals surface area contributed by atoms with Gasteiger partial charge in [-0.15, -0.1) is 11.3 Å². The SMILES string of the molecule is CCOCOc1ccc2nc(-c3ccc(N)nc3)sc2c1. The van der Waals surface area contributed by atoms with E-state index < -0.39 is 0 Å². The Balaban J connectivity index is 1.87. The molecular formula is C15H15N3O2S. The van der Waals surface area contributed by atoms with Gasteiger partial charge in [-0.1, -0.05) is 0 Å². The first kappa shape index (κ1) is 13.8. The van der Waals surface area contributed by atoms with Crippen LogP contribution in [0, 0.1) is 0 Å². The van der Waals surface area contributed by atoms with Gasteiger partial charge in [-0.25, -0.2) is 9.97 Å². The number of nitrogens with zero attached hydrogens (tertiary/aromatic N) is 2. The lowest BCUT2D eigenvalue weighted by atomic mass is 10.3. The van der Waals surface area contributed by atoms with Crippen LogP contribution in [-0.4, -0.2) is 23.4 Å². The molecule has 0 aliphatic rings. The van der Waals surface area contributed by atoms with E-state index >= 15 is 0 Å². The minimum Gasteiger partial charge on any atom is -0.468 e. The van der Waals surface area contributed by atoms with Crippen LogP contribution in [0.25, 0.3) is 20.8 Å². The molecule has 0 aliphatic carbocycles. The lowest BCUT2D eigenvalue weighted by Crippen LogP contribution is -2.01. The first-order valence-electron chi connectivity index (χ1n) is 6.59. The van der Waals surface area contributed by atoms with Crippen LogP contribution >= 0.6 is 11.3 Å². The molecular weight excluding hydrogens is 286 g/mol. The van der Waals surface area contributed by atoms with Crippen molar-refractivity contribution in [3.8, 4) is 16.3 Å². The normalized spacial score (nSPS) is 10.9. The highest BCUT2D eigenvalue weighted by atomic mass is 32.1. The van der Waals surface area contributed by atoms with Gasteiger partial charge in [0.05, 0.1) is 10.2 Å². The van der Waals surface area contributed by atoms with Crippen molar-refractivity contribution in [2.24, 2.45) is 0 Å². The van der Waals surface area contributed by atoms with Crippen molar-refractivity contribution < 1.29 is 9.47 Å². The molecule has 0 saturated heterocycles. The molecule has 0 amide bonds. The number of pyridine rings is 1. The highest BCUT2D eigenvalue weighted by molar-refractivity contribution is 7.21. The molecule has 5 nitrogen and oxygen atoms in total. The summed E-state index contributed by atoms with van der Waals surface area (Å²) in [6.45, 7) is 2.83. The van der Waals surface area contributed by atoms with Gasteiger partial charge in [-0.05, 0) is 37.3 Å². The zero-order chi connectivity index (χ0) is 14.7. The van der Waals surface area contributed by atoms with Gasteiger partial charge in [0.15, 0.2) is 6.79 Å². The molecule has 0 unspecified atom stereocenters. The fraction of sp³-hybridized carbons (Fsp3) is 0.200. The molecule has 0 bridgehead atoms. The zero-order valence-corrected chi connectivity index (χ0v) is 12.4. The Morgan fingerprint density at radius 3 is 2.90 bits per heavy atom. The second-order valence-electron chi connectivity index (χ2n) is 4.38. The Hall–Kier alpha value is -2.18. The Morgan fingerprint density at radius 2 is 2.14 bits per heavy atom. The van der Waals surface area contributed by atoms with Crippen molar-refractivity contribution in [3.63, 3.8) is 0 Å². The Bertz CT molecular complexity index is 740. The van der Waals surface area contributed by atoms with E-state index in [1.807, 2.05) is 31.2 Å². The van der Waals surface area contributed by atoms with Gasteiger partial charge >= 0.3 is 0 Å². The largest absolute Gasteiger partial charge is 0.468 e. The van der Waals surface area contributed by atoms with E-state index in [9.17, 15) is 0 Å². The van der Waals surface area contributed by atoms with Gasteiger partial charge in [-0.3, -0.25) is 0 Å². The first-order valence-corrected chi connectivity index (χ1v) is 7.41. The molecule has 0 aliphatic heterocycles. The molecule has 2 aromatic heterocycles. The first-order chi connectivity index (χ1) is 10.3. The fourth-order valence-electron chi connectivity index (χ4n) is 1.84. The topological polar surface area (TPSA) is 70.3 Å². The van der Waals surface area contributed by atoms with Crippen molar-refractivity contribution in [3.05, 3.63) is 36.5 Å². The summed E-state index contributed by atoms with van der Waals surface area (Å²) in [5.41, 5.74) is 7.50. The third-order valence-electron chi connectivity index (χ3n) is 2.91. The van der Waals surface area contributed by atoms with E-state index in [4.69, 9.17) is 15.2 Å². The number of nitrogens with two attached hydrogens (primary N) is 1. The summed E-state index contributed by atoms with van der Waals surface area (Å²) in [5, 5.41) is 0.916. The molecule has 0 fully saturated rings. The highest BCUT2D eigenvalue weighted by Crippen LogP contribution is 2.32. The van der Waals surface area contributed by atoms with E-state index in [1.54, 1.807) is 23.6 Å². The maximum atomic E-state index is 5.60. The monoisotopic (exact) mass is 301 g/mol. The molecule has 0 radical (unpaired) electrons. The van der Waals surface area contributed by atoms with Crippen LogP contribution in [-0.2, 0) is 4.74 Å². The second kappa shape index (κ2) is 6.07. The fourth-order valence-corrected chi connectivity index (χ4v) is 2.83. The molecule has 21 heavy (non-hydrogen) atoms. The van der Waals surface area contributed by atoms with E-state index in [2.05, 4.69) is 9.97 Å². The van der Waals surface area contributed by atoms with E-state index in [0.717, 1.165) is 26.5 Å². The van der Waals surface area contributed by atoms with Crippen LogP contribution in [0.3, 0.4) is 0 Å². The van der Waals surface area contributed by atoms with Crippen molar-refractivity contribution in [2.75, 3.05) is 19.1 Å². The molecule has 6 heteroatoms. The molecule has 2 N–H and O–H groups in total. The van der Waals surface area contributed by atoms with Crippen molar-refractivity contribution in [1.82, 2.24) is 9.97 Å². The van der Waals surface area contributed by atoms with Crippen LogP contribution in [0.1, 0.15) is 6.92 Å². The van der Waals surface area contributed by atoms with Gasteiger partial charge in [0.25, 0.3) is 0 Å². The third-order valence-corrected chi connectivity index (χ3v) is 3.97. The number of hydrogen-bond donors (Lipinski definition) is 1. The number of ether oxygens (including phenoxy) is 2. The smallest absolute Gasteiger partial charge is 0.189 e. The number of anilines is 1. The summed E-state index contributed by atoms with van der Waals surface area (Å²) in [6.07, 6.45) is 1.74. The summed E-state index contributed by atoms with van der Waals surface area (Å²) in [6, 6.07) is 9.51. The minimum atomic E-state index is 0.259. The third kappa shape index (κ3) is 3.12. The zero-order valence-electron chi connectivity index (χ0n) is 11.6. The average Bonchev–Trinajstić information content (AvgIpc) is 2.91. The predicted octanol–water partition coefficient (Wildman–Crippen LogP) is 3.31. The summed E-state index contributed by atoms with van der Waals surface area (Å²) in [4.78, 5) is 8.70. The number of thiazole rings is 1. The van der Waals surface area contributed by atoms with Gasteiger partial charge < -0.3 is 15.2 Å². The van der Waals surface area contributed by atoms with Gasteiger partial charge in [-0.2, -0.15) is 0 Å². The van der Waals surface area contributed by atoms with Gasteiger partial charge in [0.2, 0.25) is 0 Å². The van der Waals surface area contributed by atoms with E-state index in [0.29, 0.717) is 12.4 Å². The molecule has 1 aromatic carbocycles. The van der Waals surface area contributed by atoms with Crippen LogP contribution in [0.15, 0.2) is 36.5 Å². The molecule has 0 spiro atoms. The summed E-state index contributed by atoms with van der Waals surface area (Å²) < 4.78 is 11.8. The van der Waals surface area contributed by atoms with Crippen molar-refractivity contribution >= 4 is 27.4 Å². The number of benzene rings is 1. The number of fused-ring (bicyclic) bond motifs is 1. The second-order valence-corrected chi connectivity index (χ2v) is 5.41. The average molecular weight is 301 g/mol. The van der Waals surface area contributed by atoms with E-state index in [1.165, 1.54) is 0 Å². The van der Waals surface area contributed by atoms with Gasteiger partial charge in [0, 0.05) is 18.4 Å². The standard InChI is InChI=1S/C15H15N3O2S/c1-2-19-9-20-11-4-5-12-13(7-11)21-15(18-12)10-3-6-14(16)17-8-10/h3-8H,2,9H2,1H3,(H2,16,17). The predicted molar refractivity (Wildman–Crippen MR) is 84.4 cm³/mol. The van der Waals surface area contributed by atoms with Crippen molar-refractivity contribution in [2.45, 2.75) is 6.92 Å². The van der Waals surface area contributed by atoms with Crippen LogP contribution in [0.2, 0.25) is 0 Å². The lowest BCUT2D eigenvalue weighted by molar-refractivity contribution is 0.0225. The summed E-state index contributed by atoms with van der Waals surface area (Å²) >= 11 is 1.60. The minimum absolute atomic E-state index is 0.259. The number of rotatable bonds is 5. The molecule has 3 rings (SSSR count). The van der Waals surface area contributed by atoms with Crippen LogP contribution in [0.5, 0.6) is 5.75 Å². The van der Waals surface area contributed by atoms with Gasteiger partial charge in [0.1, 0.15) is 16.6 Å². The van der Waals surface area contributed by atoms with Crippen molar-refractivity contribution in [1.29, 1.82) is 0 Å². The number of hydrogen-bond acceptors (Lipinski definition) is 6. The Morgan fingerprint density at radius 1 is 1.24 bits per heavy atom. The number of nitrogen functional groups attached to an aromatic ring is 1. The maximum Gasteiger partial charge on any atom is 0.189 e. The molecule has 0 saturated carbocycles. The summed E-state index contributed by atoms with van der Waals surface area (Å²) in [5.74, 6) is 1.29. The molecule has 3 aromatic rings. The molecule has 2 heterocycles. The number of aromatic nitrogens is 2. The highest BCUT2D eigenvalue weighted by Gasteiger charge is 2.07. The van der Waals surface area contributed by atoms with Crippen LogP contribution < -0.4 is 10.5 Å².